The van der Waals surface area contributed by atoms with Gasteiger partial charge in [-0.15, -0.1) is 0 Å². The molecule has 38 valence electrons. The maximum absolute atomic E-state index is 7.67. The van der Waals surface area contributed by atoms with E-state index in [1.54, 1.807) is 0 Å². The lowest BCUT2D eigenvalue weighted by Crippen LogP contribution is -1.44. The van der Waals surface area contributed by atoms with E-state index in [9.17, 15) is 0 Å². The normalized spacial score (nSPS) is 9.25. The van der Waals surface area contributed by atoms with Crippen LogP contribution in [0.5, 0.6) is 0 Å². The van der Waals surface area contributed by atoms with Crippen molar-refractivity contribution in [2.24, 2.45) is 20.7 Å². The Morgan fingerprint density at radius 2 is 1.25 bits per heavy atom. The molecule has 0 spiro atoms. The Bertz CT molecular complexity index is 154. The molecule has 0 aliphatic heterocycles. The van der Waals surface area contributed by atoms with Crippen molar-refractivity contribution in [2.75, 3.05) is 0 Å². The van der Waals surface area contributed by atoms with Crippen molar-refractivity contribution >= 4 is 0 Å². The van der Waals surface area contributed by atoms with Crippen LogP contribution in [-0.4, -0.2) is 0 Å². The van der Waals surface area contributed by atoms with Crippen LogP contribution in [0.3, 0.4) is 0 Å². The molecule has 0 aliphatic rings. The van der Waals surface area contributed by atoms with Crippen molar-refractivity contribution in [3.63, 3.8) is 0 Å². The zero-order chi connectivity index (χ0) is 6.24. The van der Waals surface area contributed by atoms with Crippen LogP contribution in [-0.2, 0) is 0 Å². The van der Waals surface area contributed by atoms with Gasteiger partial charge in [-0.1, -0.05) is 0 Å². The van der Waals surface area contributed by atoms with Gasteiger partial charge in [-0.2, -0.15) is 10.5 Å². The van der Waals surface area contributed by atoms with Crippen molar-refractivity contribution in [1.82, 2.24) is 0 Å². The minimum absolute atomic E-state index is 1.32. The van der Waals surface area contributed by atoms with Crippen LogP contribution in [0.2, 0.25) is 0 Å². The van der Waals surface area contributed by atoms with Gasteiger partial charge in [-0.25, -0.2) is 0 Å². The Labute approximate surface area is 44.8 Å². The highest BCUT2D eigenvalue weighted by molar-refractivity contribution is 4.59. The molecule has 0 amide bonds. The third-order valence-electron chi connectivity index (χ3n) is 0.219. The second-order valence-corrected chi connectivity index (χ2v) is 0.579. The average molecular weight is 108 g/mol. The highest BCUT2D eigenvalue weighted by Gasteiger charge is 1.61. The number of nitriles is 2. The quantitative estimate of drug-likeness (QED) is 0.281. The lowest BCUT2D eigenvalue weighted by Gasteiger charge is -1.57. The van der Waals surface area contributed by atoms with E-state index < -0.39 is 0 Å². The summed E-state index contributed by atoms with van der Waals surface area (Å²) in [5.74, 6) is 0. The molecule has 0 rings (SSSR count). The summed E-state index contributed by atoms with van der Waals surface area (Å²) < 4.78 is 0. The monoisotopic (exact) mass is 108 g/mol. The molecule has 0 aliphatic carbocycles. The molecule has 0 saturated carbocycles. The van der Waals surface area contributed by atoms with E-state index in [0.29, 0.717) is 0 Å². The lowest BCUT2D eigenvalue weighted by atomic mass is 11.4. The van der Waals surface area contributed by atoms with E-state index in [4.69, 9.17) is 10.5 Å². The van der Waals surface area contributed by atoms with Crippen molar-refractivity contribution < 1.29 is 0 Å². The van der Waals surface area contributed by atoms with Crippen molar-refractivity contribution in [3.05, 3.63) is 0 Å². The average Bonchev–Trinajstić information content (AvgIpc) is 1.81. The Kier molecular flexibility index (Phi) is 4.00. The molecule has 0 aromatic carbocycles. The second kappa shape index (κ2) is 5.18. The predicted octanol–water partition coefficient (Wildman–Crippen LogP) is 0.768. The van der Waals surface area contributed by atoms with Gasteiger partial charge in [0.25, 0.3) is 0 Å². The molecule has 8 heavy (non-hydrogen) atoms. The van der Waals surface area contributed by atoms with Gasteiger partial charge in [0.1, 0.15) is 0 Å². The molecule has 0 radical (unpaired) electrons. The largest absolute Gasteiger partial charge is 0.227 e. The third kappa shape index (κ3) is 4.18. The van der Waals surface area contributed by atoms with Crippen molar-refractivity contribution in [3.8, 4) is 12.4 Å². The molecule has 0 N–H and O–H groups in total. The van der Waals surface area contributed by atoms with Gasteiger partial charge >= 0.3 is 0 Å². The van der Waals surface area contributed by atoms with E-state index in [2.05, 4.69) is 20.7 Å². The zero-order valence-electron chi connectivity index (χ0n) is 3.68. The Hall–Kier alpha value is -1.82. The molecular weight excluding hydrogens is 108 g/mol. The number of hydrogen-bond donors (Lipinski definition) is 0. The minimum Gasteiger partial charge on any atom is -0.169 e. The zero-order valence-corrected chi connectivity index (χ0v) is 3.68. The van der Waals surface area contributed by atoms with Crippen LogP contribution in [0.4, 0.5) is 0 Å². The van der Waals surface area contributed by atoms with Crippen molar-refractivity contribution in [1.29, 1.82) is 10.5 Å². The smallest absolute Gasteiger partial charge is 0.169 e. The summed E-state index contributed by atoms with van der Waals surface area (Å²) in [5.41, 5.74) is 0. The molecule has 0 atom stereocenters. The molecular formula is C2N6. The Morgan fingerprint density at radius 3 is 1.50 bits per heavy atom. The SMILES string of the molecule is N#CN=NN=NC#N. The molecule has 0 unspecified atom stereocenters. The fourth-order valence-electron chi connectivity index (χ4n) is 0.0800. The first-order valence-corrected chi connectivity index (χ1v) is 1.49. The summed E-state index contributed by atoms with van der Waals surface area (Å²) in [7, 11) is 0. The molecule has 0 fully saturated rings. The lowest BCUT2D eigenvalue weighted by molar-refractivity contribution is 0.960. The van der Waals surface area contributed by atoms with Gasteiger partial charge in [-0.05, 0) is 20.7 Å². The molecule has 0 aromatic rings. The van der Waals surface area contributed by atoms with Gasteiger partial charge in [0.05, 0.1) is 0 Å². The van der Waals surface area contributed by atoms with Crippen LogP contribution in [0.1, 0.15) is 0 Å². The summed E-state index contributed by atoms with van der Waals surface area (Å²) in [4.78, 5) is 0. The van der Waals surface area contributed by atoms with E-state index in [-0.39, 0.29) is 0 Å². The molecule has 0 saturated heterocycles. The first-order valence-electron chi connectivity index (χ1n) is 1.49. The van der Waals surface area contributed by atoms with Gasteiger partial charge in [-0.3, -0.25) is 0 Å². The van der Waals surface area contributed by atoms with Crippen LogP contribution < -0.4 is 0 Å². The van der Waals surface area contributed by atoms with Gasteiger partial charge in [0.2, 0.25) is 12.4 Å². The molecule has 0 bridgehead atoms. The van der Waals surface area contributed by atoms with Crippen LogP contribution in [0, 0.1) is 22.9 Å². The van der Waals surface area contributed by atoms with Crippen LogP contribution in [0.15, 0.2) is 20.7 Å². The minimum atomic E-state index is 1.32. The highest BCUT2D eigenvalue weighted by Crippen LogP contribution is 1.74. The van der Waals surface area contributed by atoms with E-state index in [0.717, 1.165) is 0 Å². The van der Waals surface area contributed by atoms with Crippen molar-refractivity contribution in [2.45, 2.75) is 0 Å². The highest BCUT2D eigenvalue weighted by atomic mass is 15.5. The summed E-state index contributed by atoms with van der Waals surface area (Å²) in [5, 5.41) is 26.4. The summed E-state index contributed by atoms with van der Waals surface area (Å²) in [6.07, 6.45) is 2.64. The topological polar surface area (TPSA) is 97.0 Å². The third-order valence-corrected chi connectivity index (χ3v) is 0.219. The molecule has 6 heteroatoms. The summed E-state index contributed by atoms with van der Waals surface area (Å²) in [6, 6.07) is 0. The standard InChI is InChI=1S/C2N6/c3-1-5-7-8-6-2-4. The first kappa shape index (κ1) is 6.18. The van der Waals surface area contributed by atoms with Crippen LogP contribution in [0.25, 0.3) is 0 Å². The van der Waals surface area contributed by atoms with E-state index in [1.165, 1.54) is 12.4 Å². The fraction of sp³-hybridized carbons (Fsp3) is 0. The molecule has 6 nitrogen and oxygen atoms in total. The number of nitrogens with zero attached hydrogens (tertiary/aromatic N) is 6. The maximum atomic E-state index is 7.67. The Balaban J connectivity index is 3.51. The van der Waals surface area contributed by atoms with Gasteiger partial charge < -0.3 is 0 Å². The summed E-state index contributed by atoms with van der Waals surface area (Å²) in [6.45, 7) is 0. The molecule has 0 heterocycles. The first-order chi connectivity index (χ1) is 3.91. The van der Waals surface area contributed by atoms with Crippen LogP contribution >= 0.6 is 0 Å². The second-order valence-electron chi connectivity index (χ2n) is 0.579. The Morgan fingerprint density at radius 1 is 0.875 bits per heavy atom. The summed E-state index contributed by atoms with van der Waals surface area (Å²) >= 11 is 0. The van der Waals surface area contributed by atoms with E-state index in [1.807, 2.05) is 0 Å². The van der Waals surface area contributed by atoms with E-state index >= 15 is 0 Å². The van der Waals surface area contributed by atoms with Gasteiger partial charge in [0, 0.05) is 0 Å². The maximum Gasteiger partial charge on any atom is 0.227 e. The predicted molar refractivity (Wildman–Crippen MR) is 20.9 cm³/mol. The molecule has 0 aromatic heterocycles. The number of hydrogen-bond acceptors (Lipinski definition) is 4. The van der Waals surface area contributed by atoms with Gasteiger partial charge in [0.15, 0.2) is 0 Å². The number of rotatable bonds is 1. The fourth-order valence-corrected chi connectivity index (χ4v) is 0.0800.